The zero-order chi connectivity index (χ0) is 22.3. The van der Waals surface area contributed by atoms with Crippen LogP contribution in [0.4, 0.5) is 4.39 Å². The summed E-state index contributed by atoms with van der Waals surface area (Å²) in [6.07, 6.45) is -1.31. The van der Waals surface area contributed by atoms with Gasteiger partial charge in [-0.15, -0.1) is 0 Å². The number of β-amino-alcohol motifs (C(OH)–C–C–N with tert-alkyl or cyclic N) is 1. The summed E-state index contributed by atoms with van der Waals surface area (Å²) in [6, 6.07) is 3.73. The Morgan fingerprint density at radius 1 is 1.29 bits per heavy atom. The van der Waals surface area contributed by atoms with Crippen molar-refractivity contribution >= 4 is 23.1 Å². The number of aromatic nitrogens is 2. The van der Waals surface area contributed by atoms with Crippen LogP contribution in [0.1, 0.15) is 27.6 Å². The first-order chi connectivity index (χ1) is 14.7. The number of carbonyl (C=O) groups excluding carboxylic acids is 1. The Morgan fingerprint density at radius 2 is 2.00 bits per heavy atom. The summed E-state index contributed by atoms with van der Waals surface area (Å²) in [6.45, 7) is 4.73. The number of halogens is 2. The van der Waals surface area contributed by atoms with E-state index in [9.17, 15) is 14.3 Å². The zero-order valence-corrected chi connectivity index (χ0v) is 17.9. The number of nitrogens with two attached hydrogens (primary N) is 1. The van der Waals surface area contributed by atoms with Gasteiger partial charge in [-0.05, 0) is 26.0 Å². The Morgan fingerprint density at radius 3 is 2.65 bits per heavy atom. The summed E-state index contributed by atoms with van der Waals surface area (Å²) in [5.74, 6) is -0.384. The number of rotatable bonds is 4. The number of nitrogens with zero attached hydrogens (tertiary/aromatic N) is 3. The fourth-order valence-corrected chi connectivity index (χ4v) is 3.79. The largest absolute Gasteiger partial charge is 0.485 e. The molecule has 164 valence electrons. The maximum atomic E-state index is 13.9. The second-order valence-corrected chi connectivity index (χ2v) is 8.10. The molecule has 0 unspecified atom stereocenters. The van der Waals surface area contributed by atoms with Gasteiger partial charge in [0.1, 0.15) is 23.8 Å². The molecule has 0 spiro atoms. The number of aryl methyl sites for hydroxylation is 2. The van der Waals surface area contributed by atoms with E-state index in [0.29, 0.717) is 46.6 Å². The quantitative estimate of drug-likeness (QED) is 0.649. The molecule has 4 rings (SSSR count). The Kier molecular flexibility index (Phi) is 5.83. The molecule has 31 heavy (non-hydrogen) atoms. The van der Waals surface area contributed by atoms with Crippen LogP contribution in [0.3, 0.4) is 0 Å². The summed E-state index contributed by atoms with van der Waals surface area (Å²) >= 11 is 6.16. The predicted molar refractivity (Wildman–Crippen MR) is 113 cm³/mol. The second kappa shape index (κ2) is 8.41. The highest BCUT2D eigenvalue weighted by atomic mass is 35.5. The summed E-state index contributed by atoms with van der Waals surface area (Å²) < 4.78 is 19.7. The standard InChI is InChI=1S/C21H23ClFN5O3/c1-10-19(22)11(2)27-20(26-10)14-8-28(9-15(14)24)21(30)13-4-3-12(23)5-17(13)31-18-7-25-6-16(18)29/h3-5,16,18,25,29H,6-9,24H2,1-2H3/t16-,18-/m1/s1. The number of ether oxygens (including phenoxy) is 1. The zero-order valence-electron chi connectivity index (χ0n) is 17.2. The normalized spacial score (nSPS) is 21.1. The number of nitrogens with one attached hydrogen (secondary N) is 1. The van der Waals surface area contributed by atoms with Crippen LogP contribution in [0.15, 0.2) is 23.9 Å². The van der Waals surface area contributed by atoms with Gasteiger partial charge in [-0.1, -0.05) is 11.6 Å². The van der Waals surface area contributed by atoms with E-state index in [1.54, 1.807) is 13.8 Å². The average molecular weight is 448 g/mol. The maximum Gasteiger partial charge on any atom is 0.258 e. The number of carbonyl (C=O) groups is 1. The molecule has 2 aliphatic rings. The minimum absolute atomic E-state index is 0.0826. The predicted octanol–water partition coefficient (Wildman–Crippen LogP) is 1.42. The van der Waals surface area contributed by atoms with Gasteiger partial charge in [0.2, 0.25) is 0 Å². The van der Waals surface area contributed by atoms with Crippen molar-refractivity contribution in [1.82, 2.24) is 20.2 Å². The summed E-state index contributed by atoms with van der Waals surface area (Å²) in [4.78, 5) is 23.6. The van der Waals surface area contributed by atoms with Crippen LogP contribution < -0.4 is 15.8 Å². The molecule has 2 aromatic rings. The summed E-state index contributed by atoms with van der Waals surface area (Å²) in [5, 5.41) is 13.5. The third kappa shape index (κ3) is 4.21. The molecule has 0 radical (unpaired) electrons. The lowest BCUT2D eigenvalue weighted by Crippen LogP contribution is -2.33. The molecule has 8 nitrogen and oxygen atoms in total. The van der Waals surface area contributed by atoms with Gasteiger partial charge < -0.3 is 25.8 Å². The van der Waals surface area contributed by atoms with E-state index in [-0.39, 0.29) is 30.3 Å². The van der Waals surface area contributed by atoms with Crippen LogP contribution in [0, 0.1) is 19.7 Å². The Labute approximate surface area is 183 Å². The van der Waals surface area contributed by atoms with Crippen molar-refractivity contribution in [1.29, 1.82) is 0 Å². The van der Waals surface area contributed by atoms with Gasteiger partial charge >= 0.3 is 0 Å². The second-order valence-electron chi connectivity index (χ2n) is 7.72. The molecule has 1 aromatic heterocycles. The molecule has 4 N–H and O–H groups in total. The Bertz CT molecular complexity index is 1050. The molecule has 1 saturated heterocycles. The highest BCUT2D eigenvalue weighted by Gasteiger charge is 2.32. The first kappa shape index (κ1) is 21.5. The lowest BCUT2D eigenvalue weighted by atomic mass is 10.1. The van der Waals surface area contributed by atoms with Gasteiger partial charge in [0.25, 0.3) is 5.91 Å². The van der Waals surface area contributed by atoms with Crippen LogP contribution in [-0.2, 0) is 0 Å². The van der Waals surface area contributed by atoms with E-state index < -0.39 is 18.0 Å². The topological polar surface area (TPSA) is 114 Å². The van der Waals surface area contributed by atoms with E-state index in [0.717, 1.165) is 6.07 Å². The molecule has 1 amide bonds. The number of benzene rings is 1. The van der Waals surface area contributed by atoms with E-state index in [2.05, 4.69) is 15.3 Å². The molecule has 1 fully saturated rings. The van der Waals surface area contributed by atoms with Gasteiger partial charge in [-0.3, -0.25) is 4.79 Å². The smallest absolute Gasteiger partial charge is 0.258 e. The molecule has 0 aliphatic carbocycles. The van der Waals surface area contributed by atoms with E-state index in [1.807, 2.05) is 0 Å². The van der Waals surface area contributed by atoms with Crippen molar-refractivity contribution in [3.63, 3.8) is 0 Å². The Hall–Kier alpha value is -2.75. The molecule has 1 aromatic carbocycles. The maximum absolute atomic E-state index is 13.9. The highest BCUT2D eigenvalue weighted by Crippen LogP contribution is 2.29. The van der Waals surface area contributed by atoms with Crippen molar-refractivity contribution in [2.24, 2.45) is 5.73 Å². The number of aliphatic hydroxyl groups excluding tert-OH is 1. The fraction of sp³-hybridized carbons (Fsp3) is 0.381. The van der Waals surface area contributed by atoms with Gasteiger partial charge in [0.05, 0.1) is 35.1 Å². The van der Waals surface area contributed by atoms with Crippen molar-refractivity contribution in [2.45, 2.75) is 26.1 Å². The van der Waals surface area contributed by atoms with Crippen LogP contribution in [0.2, 0.25) is 5.02 Å². The lowest BCUT2D eigenvalue weighted by Gasteiger charge is -2.21. The molecule has 0 saturated carbocycles. The third-order valence-electron chi connectivity index (χ3n) is 5.42. The number of amides is 1. The number of hydrogen-bond donors (Lipinski definition) is 3. The first-order valence-corrected chi connectivity index (χ1v) is 10.2. The SMILES string of the molecule is Cc1nc(C2=C(N)CN(C(=O)c3ccc(F)cc3O[C@@H]3CNC[C@H]3O)C2)nc(C)c1Cl. The van der Waals surface area contributed by atoms with Crippen LogP contribution >= 0.6 is 11.6 Å². The van der Waals surface area contributed by atoms with Crippen molar-refractivity contribution in [3.8, 4) is 5.75 Å². The van der Waals surface area contributed by atoms with Crippen LogP contribution in [0.25, 0.3) is 5.57 Å². The summed E-state index contributed by atoms with van der Waals surface area (Å²) in [5.41, 5.74) is 8.80. The minimum atomic E-state index is -0.740. The van der Waals surface area contributed by atoms with Gasteiger partial charge in [-0.2, -0.15) is 0 Å². The number of aliphatic hydroxyl groups is 1. The molecule has 0 bridgehead atoms. The van der Waals surface area contributed by atoms with Gasteiger partial charge in [-0.25, -0.2) is 14.4 Å². The van der Waals surface area contributed by atoms with Crippen molar-refractivity contribution < 1.29 is 19.0 Å². The summed E-state index contributed by atoms with van der Waals surface area (Å²) in [7, 11) is 0. The van der Waals surface area contributed by atoms with Crippen molar-refractivity contribution in [2.75, 3.05) is 26.2 Å². The van der Waals surface area contributed by atoms with Gasteiger partial charge in [0, 0.05) is 30.4 Å². The van der Waals surface area contributed by atoms with Gasteiger partial charge in [0.15, 0.2) is 5.82 Å². The lowest BCUT2D eigenvalue weighted by molar-refractivity contribution is 0.0686. The molecule has 10 heteroatoms. The molecule has 2 atom stereocenters. The molecule has 2 aliphatic heterocycles. The Balaban J connectivity index is 1.57. The van der Waals surface area contributed by atoms with Crippen molar-refractivity contribution in [3.05, 3.63) is 57.5 Å². The third-order valence-corrected chi connectivity index (χ3v) is 5.97. The van der Waals surface area contributed by atoms with E-state index in [1.165, 1.54) is 17.0 Å². The average Bonchev–Trinajstić information content (AvgIpc) is 3.31. The van der Waals surface area contributed by atoms with Crippen LogP contribution in [-0.4, -0.2) is 64.3 Å². The number of hydrogen-bond acceptors (Lipinski definition) is 7. The minimum Gasteiger partial charge on any atom is -0.485 e. The van der Waals surface area contributed by atoms with E-state index >= 15 is 0 Å². The first-order valence-electron chi connectivity index (χ1n) is 9.87. The monoisotopic (exact) mass is 447 g/mol. The van der Waals surface area contributed by atoms with E-state index in [4.69, 9.17) is 22.1 Å². The molecular weight excluding hydrogens is 425 g/mol. The molecular formula is C21H23ClFN5O3. The fourth-order valence-electron chi connectivity index (χ4n) is 3.71. The molecule has 3 heterocycles. The van der Waals surface area contributed by atoms with Crippen LogP contribution in [0.5, 0.6) is 5.75 Å². The highest BCUT2D eigenvalue weighted by molar-refractivity contribution is 6.31.